The van der Waals surface area contributed by atoms with E-state index in [2.05, 4.69) is 18.2 Å². The highest BCUT2D eigenvalue weighted by Crippen LogP contribution is 2.27. The van der Waals surface area contributed by atoms with Gasteiger partial charge in [-0.25, -0.2) is 0 Å². The second-order valence-corrected chi connectivity index (χ2v) is 4.43. The van der Waals surface area contributed by atoms with E-state index in [0.717, 1.165) is 12.0 Å². The third kappa shape index (κ3) is 2.61. The second-order valence-electron chi connectivity index (χ2n) is 4.43. The van der Waals surface area contributed by atoms with E-state index in [1.54, 1.807) is 0 Å². The number of hydrogen-bond donors (Lipinski definition) is 0. The molecule has 2 atom stereocenters. The Bertz CT molecular complexity index is 481. The minimum absolute atomic E-state index is 0.131. The summed E-state index contributed by atoms with van der Waals surface area (Å²) in [5.41, 5.74) is 2.25. The summed E-state index contributed by atoms with van der Waals surface area (Å²) in [7, 11) is 0. The van der Waals surface area contributed by atoms with Gasteiger partial charge in [0.05, 0.1) is 12.7 Å². The molecule has 0 N–H and O–H groups in total. The molecule has 2 heteroatoms. The third-order valence-electron chi connectivity index (χ3n) is 3.04. The Labute approximate surface area is 107 Å². The molecule has 2 aromatic rings. The predicted molar refractivity (Wildman–Crippen MR) is 69.0 cm³/mol. The molecule has 2 aromatic carbocycles. The maximum absolute atomic E-state index is 5.90. The van der Waals surface area contributed by atoms with Gasteiger partial charge in [-0.1, -0.05) is 54.6 Å². The SMILES string of the molecule is [c]1ccccc1C1OCC(Cc2ccccc2)O1. The quantitative estimate of drug-likeness (QED) is 0.819. The summed E-state index contributed by atoms with van der Waals surface area (Å²) in [5, 5.41) is 0. The number of hydrogen-bond acceptors (Lipinski definition) is 2. The van der Waals surface area contributed by atoms with E-state index < -0.39 is 0 Å². The highest BCUT2D eigenvalue weighted by molar-refractivity contribution is 5.17. The Balaban J connectivity index is 1.62. The molecule has 0 spiro atoms. The molecule has 0 aliphatic carbocycles. The van der Waals surface area contributed by atoms with Crippen LogP contribution in [0.3, 0.4) is 0 Å². The van der Waals surface area contributed by atoms with E-state index in [9.17, 15) is 0 Å². The second kappa shape index (κ2) is 5.34. The Hall–Kier alpha value is -1.64. The lowest BCUT2D eigenvalue weighted by molar-refractivity contribution is -0.0600. The number of ether oxygens (including phenoxy) is 2. The van der Waals surface area contributed by atoms with Gasteiger partial charge in [-0.3, -0.25) is 0 Å². The van der Waals surface area contributed by atoms with E-state index in [0.29, 0.717) is 6.61 Å². The van der Waals surface area contributed by atoms with Crippen molar-refractivity contribution in [2.24, 2.45) is 0 Å². The van der Waals surface area contributed by atoms with Crippen LogP contribution in [0.5, 0.6) is 0 Å². The first-order valence-corrected chi connectivity index (χ1v) is 6.19. The van der Waals surface area contributed by atoms with Crippen LogP contribution in [-0.4, -0.2) is 12.7 Å². The fourth-order valence-corrected chi connectivity index (χ4v) is 2.15. The summed E-state index contributed by atoms with van der Waals surface area (Å²) in [6.07, 6.45) is 0.760. The first kappa shape index (κ1) is 11.5. The molecule has 1 aliphatic heterocycles. The van der Waals surface area contributed by atoms with E-state index in [-0.39, 0.29) is 12.4 Å². The monoisotopic (exact) mass is 239 g/mol. The van der Waals surface area contributed by atoms with Gasteiger partial charge < -0.3 is 9.47 Å². The molecule has 1 aliphatic rings. The molecule has 0 saturated carbocycles. The van der Waals surface area contributed by atoms with Gasteiger partial charge >= 0.3 is 0 Å². The maximum atomic E-state index is 5.90. The van der Waals surface area contributed by atoms with Gasteiger partial charge in [0, 0.05) is 12.0 Å². The molecular formula is C16H15O2. The van der Waals surface area contributed by atoms with Crippen LogP contribution in [0.1, 0.15) is 17.4 Å². The largest absolute Gasteiger partial charge is 0.346 e. The van der Waals surface area contributed by atoms with Crippen LogP contribution in [-0.2, 0) is 15.9 Å². The number of benzene rings is 2. The van der Waals surface area contributed by atoms with Gasteiger partial charge in [0.2, 0.25) is 0 Å². The summed E-state index contributed by atoms with van der Waals surface area (Å²) in [6, 6.07) is 21.3. The molecule has 1 saturated heterocycles. The Morgan fingerprint density at radius 1 is 1.06 bits per heavy atom. The van der Waals surface area contributed by atoms with Crippen LogP contribution in [0.2, 0.25) is 0 Å². The van der Waals surface area contributed by atoms with Crippen LogP contribution in [0.4, 0.5) is 0 Å². The first-order valence-electron chi connectivity index (χ1n) is 6.19. The molecule has 1 radical (unpaired) electrons. The predicted octanol–water partition coefficient (Wildman–Crippen LogP) is 3.14. The van der Waals surface area contributed by atoms with Crippen molar-refractivity contribution in [2.45, 2.75) is 18.8 Å². The van der Waals surface area contributed by atoms with Crippen LogP contribution in [0.25, 0.3) is 0 Å². The van der Waals surface area contributed by atoms with Crippen molar-refractivity contribution in [3.8, 4) is 0 Å². The molecule has 0 amide bonds. The van der Waals surface area contributed by atoms with E-state index in [1.807, 2.05) is 42.5 Å². The van der Waals surface area contributed by atoms with Crippen molar-refractivity contribution in [1.29, 1.82) is 0 Å². The van der Waals surface area contributed by atoms with Crippen LogP contribution < -0.4 is 0 Å². The maximum Gasteiger partial charge on any atom is 0.184 e. The zero-order valence-corrected chi connectivity index (χ0v) is 10.1. The van der Waals surface area contributed by atoms with Crippen molar-refractivity contribution in [3.63, 3.8) is 0 Å². The highest BCUT2D eigenvalue weighted by Gasteiger charge is 2.27. The molecule has 91 valence electrons. The Kier molecular flexibility index (Phi) is 3.40. The summed E-state index contributed by atoms with van der Waals surface area (Å²) in [6.45, 7) is 0.641. The Morgan fingerprint density at radius 2 is 1.89 bits per heavy atom. The van der Waals surface area contributed by atoms with Crippen LogP contribution >= 0.6 is 0 Å². The third-order valence-corrected chi connectivity index (χ3v) is 3.04. The summed E-state index contributed by atoms with van der Waals surface area (Å²) < 4.78 is 11.6. The lowest BCUT2D eigenvalue weighted by atomic mass is 10.1. The smallest absolute Gasteiger partial charge is 0.184 e. The molecular weight excluding hydrogens is 224 g/mol. The fourth-order valence-electron chi connectivity index (χ4n) is 2.15. The molecule has 2 unspecified atom stereocenters. The Morgan fingerprint density at radius 3 is 2.67 bits per heavy atom. The molecule has 1 heterocycles. The van der Waals surface area contributed by atoms with Gasteiger partial charge in [-0.15, -0.1) is 0 Å². The summed E-state index contributed by atoms with van der Waals surface area (Å²) in [5.74, 6) is 0. The van der Waals surface area contributed by atoms with E-state index in [4.69, 9.17) is 9.47 Å². The average Bonchev–Trinajstić information content (AvgIpc) is 2.89. The minimum Gasteiger partial charge on any atom is -0.346 e. The first-order chi connectivity index (χ1) is 8.92. The average molecular weight is 239 g/mol. The van der Waals surface area contributed by atoms with E-state index >= 15 is 0 Å². The molecule has 3 rings (SSSR count). The van der Waals surface area contributed by atoms with Gasteiger partial charge in [-0.05, 0) is 11.6 Å². The minimum atomic E-state index is -0.264. The van der Waals surface area contributed by atoms with Gasteiger partial charge in [0.1, 0.15) is 0 Å². The van der Waals surface area contributed by atoms with Crippen molar-refractivity contribution in [2.75, 3.05) is 6.61 Å². The zero-order chi connectivity index (χ0) is 12.2. The van der Waals surface area contributed by atoms with Crippen molar-refractivity contribution >= 4 is 0 Å². The molecule has 2 nitrogen and oxygen atoms in total. The zero-order valence-electron chi connectivity index (χ0n) is 10.1. The summed E-state index contributed by atoms with van der Waals surface area (Å²) >= 11 is 0. The standard InChI is InChI=1S/C16H15O2/c1-3-7-13(8-4-1)11-15-12-17-16(18-15)14-9-5-2-6-10-14/h1-9,15-16H,11-12H2. The van der Waals surface area contributed by atoms with Gasteiger partial charge in [0.15, 0.2) is 6.29 Å². The number of rotatable bonds is 3. The molecule has 0 bridgehead atoms. The van der Waals surface area contributed by atoms with Gasteiger partial charge in [-0.2, -0.15) is 0 Å². The molecule has 18 heavy (non-hydrogen) atoms. The van der Waals surface area contributed by atoms with Crippen molar-refractivity contribution in [1.82, 2.24) is 0 Å². The highest BCUT2D eigenvalue weighted by atomic mass is 16.7. The normalized spacial score (nSPS) is 23.1. The van der Waals surface area contributed by atoms with E-state index in [1.165, 1.54) is 5.56 Å². The topological polar surface area (TPSA) is 18.5 Å². The molecule has 1 fully saturated rings. The lowest BCUT2D eigenvalue weighted by Gasteiger charge is -2.11. The van der Waals surface area contributed by atoms with Crippen molar-refractivity contribution < 1.29 is 9.47 Å². The van der Waals surface area contributed by atoms with Crippen LogP contribution in [0.15, 0.2) is 54.6 Å². The van der Waals surface area contributed by atoms with Crippen molar-refractivity contribution in [3.05, 3.63) is 71.8 Å². The summed E-state index contributed by atoms with van der Waals surface area (Å²) in [4.78, 5) is 0. The molecule has 0 aromatic heterocycles. The fraction of sp³-hybridized carbons (Fsp3) is 0.250. The van der Waals surface area contributed by atoms with Crippen LogP contribution in [0, 0.1) is 6.07 Å². The van der Waals surface area contributed by atoms with Gasteiger partial charge in [0.25, 0.3) is 0 Å². The lowest BCUT2D eigenvalue weighted by Crippen LogP contribution is -2.13.